The second-order valence-corrected chi connectivity index (χ2v) is 6.57. The molecule has 0 amide bonds. The Morgan fingerprint density at radius 3 is 2.52 bits per heavy atom. The number of hydrogen-bond donors (Lipinski definition) is 0. The highest BCUT2D eigenvalue weighted by atomic mass is 32.2. The topological polar surface area (TPSA) is 42.2 Å². The highest BCUT2D eigenvalue weighted by Crippen LogP contribution is 2.31. The van der Waals surface area contributed by atoms with Crippen molar-refractivity contribution in [2.45, 2.75) is 4.90 Å². The van der Waals surface area contributed by atoms with Gasteiger partial charge in [0, 0.05) is 22.8 Å². The first-order chi connectivity index (χ1) is 11.2. The van der Waals surface area contributed by atoms with Gasteiger partial charge < -0.3 is 9.42 Å². The maximum absolute atomic E-state index is 5.49. The average molecular weight is 325 g/mol. The molecule has 0 unspecified atom stereocenters. The first-order valence-corrected chi connectivity index (χ1v) is 8.48. The molecular weight excluding hydrogens is 306 g/mol. The minimum atomic E-state index is 0.566. The number of benzene rings is 2. The highest BCUT2D eigenvalue weighted by molar-refractivity contribution is 7.99. The quantitative estimate of drug-likeness (QED) is 0.639. The van der Waals surface area contributed by atoms with Gasteiger partial charge >= 0.3 is 0 Å². The van der Waals surface area contributed by atoms with Crippen LogP contribution in [0.25, 0.3) is 22.8 Å². The van der Waals surface area contributed by atoms with Crippen LogP contribution in [0.3, 0.4) is 0 Å². The summed E-state index contributed by atoms with van der Waals surface area (Å²) in [6.45, 7) is 1.03. The first-order valence-electron chi connectivity index (χ1n) is 7.50. The van der Waals surface area contributed by atoms with Crippen LogP contribution in [-0.2, 0) is 0 Å². The molecule has 2 aromatic carbocycles. The Morgan fingerprint density at radius 2 is 1.74 bits per heavy atom. The van der Waals surface area contributed by atoms with Gasteiger partial charge in [0.2, 0.25) is 5.82 Å². The standard InChI is InChI=1S/C18H19N3OS/c1-21(2)12-13-23-16-11-7-6-10-15(16)18-19-17(20-22-18)14-8-4-3-5-9-14/h3-11H,12-13H2,1-2H3. The van der Waals surface area contributed by atoms with Crippen LogP contribution in [0, 0.1) is 0 Å². The van der Waals surface area contributed by atoms with Crippen LogP contribution < -0.4 is 0 Å². The van der Waals surface area contributed by atoms with E-state index in [0.29, 0.717) is 11.7 Å². The Labute approximate surface area is 140 Å². The molecule has 1 heterocycles. The summed E-state index contributed by atoms with van der Waals surface area (Å²) in [5, 5.41) is 4.11. The monoisotopic (exact) mass is 325 g/mol. The molecule has 0 N–H and O–H groups in total. The minimum Gasteiger partial charge on any atom is -0.334 e. The van der Waals surface area contributed by atoms with Crippen molar-refractivity contribution in [3.05, 3.63) is 54.6 Å². The second kappa shape index (κ2) is 7.44. The lowest BCUT2D eigenvalue weighted by Gasteiger charge is -2.10. The largest absolute Gasteiger partial charge is 0.334 e. The smallest absolute Gasteiger partial charge is 0.259 e. The summed E-state index contributed by atoms with van der Waals surface area (Å²) in [5.41, 5.74) is 1.95. The lowest BCUT2D eigenvalue weighted by atomic mass is 10.2. The van der Waals surface area contributed by atoms with Gasteiger partial charge in [0.1, 0.15) is 0 Å². The number of rotatable bonds is 6. The highest BCUT2D eigenvalue weighted by Gasteiger charge is 2.14. The molecular formula is C18H19N3OS. The van der Waals surface area contributed by atoms with Crippen molar-refractivity contribution in [1.29, 1.82) is 0 Å². The molecule has 1 aromatic heterocycles. The zero-order valence-corrected chi connectivity index (χ0v) is 14.1. The van der Waals surface area contributed by atoms with Crippen LogP contribution in [0.5, 0.6) is 0 Å². The van der Waals surface area contributed by atoms with E-state index in [2.05, 4.69) is 35.2 Å². The van der Waals surface area contributed by atoms with Crippen molar-refractivity contribution < 1.29 is 4.52 Å². The maximum atomic E-state index is 5.49. The number of hydrogen-bond acceptors (Lipinski definition) is 5. The Kier molecular flexibility index (Phi) is 5.10. The zero-order valence-electron chi connectivity index (χ0n) is 13.3. The maximum Gasteiger partial charge on any atom is 0.259 e. The van der Waals surface area contributed by atoms with Crippen molar-refractivity contribution in [2.75, 3.05) is 26.4 Å². The fourth-order valence-corrected chi connectivity index (χ4v) is 3.31. The molecule has 0 bridgehead atoms. The molecule has 5 heteroatoms. The third-order valence-corrected chi connectivity index (χ3v) is 4.43. The predicted octanol–water partition coefficient (Wildman–Crippen LogP) is 4.06. The van der Waals surface area contributed by atoms with E-state index in [4.69, 9.17) is 4.52 Å². The van der Waals surface area contributed by atoms with Crippen molar-refractivity contribution in [3.63, 3.8) is 0 Å². The van der Waals surface area contributed by atoms with E-state index in [9.17, 15) is 0 Å². The van der Waals surface area contributed by atoms with E-state index in [-0.39, 0.29) is 0 Å². The molecule has 4 nitrogen and oxygen atoms in total. The molecule has 0 radical (unpaired) electrons. The third-order valence-electron chi connectivity index (χ3n) is 3.37. The minimum absolute atomic E-state index is 0.566. The average Bonchev–Trinajstić information content (AvgIpc) is 3.06. The molecule has 23 heavy (non-hydrogen) atoms. The molecule has 0 saturated carbocycles. The van der Waals surface area contributed by atoms with Gasteiger partial charge in [-0.2, -0.15) is 4.98 Å². The molecule has 118 valence electrons. The van der Waals surface area contributed by atoms with Gasteiger partial charge in [0.05, 0.1) is 5.56 Å². The summed E-state index contributed by atoms with van der Waals surface area (Å²) in [4.78, 5) is 7.89. The van der Waals surface area contributed by atoms with Crippen molar-refractivity contribution in [2.24, 2.45) is 0 Å². The summed E-state index contributed by atoms with van der Waals surface area (Å²) in [6.07, 6.45) is 0. The molecule has 3 rings (SSSR count). The Bertz CT molecular complexity index is 756. The fraction of sp³-hybridized carbons (Fsp3) is 0.222. The molecule has 0 aliphatic heterocycles. The summed E-state index contributed by atoms with van der Waals surface area (Å²) >= 11 is 1.81. The van der Waals surface area contributed by atoms with Crippen molar-refractivity contribution >= 4 is 11.8 Å². The van der Waals surface area contributed by atoms with E-state index >= 15 is 0 Å². The van der Waals surface area contributed by atoms with Crippen LogP contribution in [-0.4, -0.2) is 41.4 Å². The van der Waals surface area contributed by atoms with E-state index in [0.717, 1.165) is 28.3 Å². The van der Waals surface area contributed by atoms with Crippen LogP contribution in [0.1, 0.15) is 0 Å². The van der Waals surface area contributed by atoms with Crippen molar-refractivity contribution in [3.8, 4) is 22.8 Å². The van der Waals surface area contributed by atoms with Gasteiger partial charge in [-0.05, 0) is 26.2 Å². The molecule has 0 fully saturated rings. The van der Waals surface area contributed by atoms with Gasteiger partial charge in [0.25, 0.3) is 5.89 Å². The molecule has 0 atom stereocenters. The molecule has 3 aromatic rings. The van der Waals surface area contributed by atoms with Crippen LogP contribution in [0.15, 0.2) is 64.0 Å². The Hall–Kier alpha value is -2.11. The van der Waals surface area contributed by atoms with E-state index in [1.165, 1.54) is 0 Å². The van der Waals surface area contributed by atoms with Gasteiger partial charge in [-0.1, -0.05) is 47.6 Å². The Balaban J connectivity index is 1.83. The third kappa shape index (κ3) is 4.00. The summed E-state index contributed by atoms with van der Waals surface area (Å²) in [6, 6.07) is 18.0. The fourth-order valence-electron chi connectivity index (χ4n) is 2.14. The van der Waals surface area contributed by atoms with Crippen LogP contribution >= 0.6 is 11.8 Å². The SMILES string of the molecule is CN(C)CCSc1ccccc1-c1nc(-c2ccccc2)no1. The zero-order chi connectivity index (χ0) is 16.1. The van der Waals surface area contributed by atoms with Crippen LogP contribution in [0.2, 0.25) is 0 Å². The Morgan fingerprint density at radius 1 is 1.00 bits per heavy atom. The predicted molar refractivity (Wildman–Crippen MR) is 94.4 cm³/mol. The number of nitrogens with zero attached hydrogens (tertiary/aromatic N) is 3. The molecule has 0 spiro atoms. The molecule has 0 aliphatic carbocycles. The van der Waals surface area contributed by atoms with E-state index in [1.54, 1.807) is 11.8 Å². The van der Waals surface area contributed by atoms with Gasteiger partial charge in [0.15, 0.2) is 0 Å². The van der Waals surface area contributed by atoms with Gasteiger partial charge in [-0.25, -0.2) is 0 Å². The second-order valence-electron chi connectivity index (χ2n) is 5.44. The summed E-state index contributed by atoms with van der Waals surface area (Å²) in [5.74, 6) is 2.20. The van der Waals surface area contributed by atoms with E-state index < -0.39 is 0 Å². The van der Waals surface area contributed by atoms with Crippen LogP contribution in [0.4, 0.5) is 0 Å². The molecule has 0 aliphatic rings. The normalized spacial score (nSPS) is 11.1. The molecule has 0 saturated heterocycles. The summed E-state index contributed by atoms with van der Waals surface area (Å²) < 4.78 is 5.49. The number of thioether (sulfide) groups is 1. The summed E-state index contributed by atoms with van der Waals surface area (Å²) in [7, 11) is 4.16. The number of aromatic nitrogens is 2. The van der Waals surface area contributed by atoms with E-state index in [1.807, 2.05) is 48.5 Å². The van der Waals surface area contributed by atoms with Gasteiger partial charge in [-0.3, -0.25) is 0 Å². The van der Waals surface area contributed by atoms with Gasteiger partial charge in [-0.15, -0.1) is 11.8 Å². The lowest BCUT2D eigenvalue weighted by molar-refractivity contribution is 0.431. The first kappa shape index (κ1) is 15.8. The van der Waals surface area contributed by atoms with Crippen molar-refractivity contribution in [1.82, 2.24) is 15.0 Å². The lowest BCUT2D eigenvalue weighted by Crippen LogP contribution is -2.14.